The highest BCUT2D eigenvalue weighted by atomic mass is 31.2. The molecule has 1 aromatic carbocycles. The fourth-order valence-corrected chi connectivity index (χ4v) is 22.9. The van der Waals surface area contributed by atoms with Gasteiger partial charge in [-0.05, 0) is 62.5 Å². The van der Waals surface area contributed by atoms with Crippen molar-refractivity contribution in [3.05, 3.63) is 112 Å². The molecular formula is C78H125N27O22P4Si2-2. The summed E-state index contributed by atoms with van der Waals surface area (Å²) in [5.41, 5.74) is 21.2. The highest BCUT2D eigenvalue weighted by molar-refractivity contribution is 7.52. The Morgan fingerprint density at radius 3 is 1.50 bits per heavy atom. The number of nitrogens with one attached hydrogen (secondary N) is 7. The molecule has 8 aromatic heterocycles. The third-order valence-corrected chi connectivity index (χ3v) is 37.9. The van der Waals surface area contributed by atoms with Gasteiger partial charge in [-0.2, -0.15) is 10.2 Å². The van der Waals surface area contributed by atoms with Gasteiger partial charge in [-0.25, -0.2) is 75.8 Å². The number of ketones is 1. The molecule has 4 unspecified atom stereocenters. The van der Waals surface area contributed by atoms with E-state index in [1.807, 2.05) is 73.8 Å². The predicted molar refractivity (Wildman–Crippen MR) is 494 cm³/mol. The summed E-state index contributed by atoms with van der Waals surface area (Å²) in [5, 5.41) is 22.9. The molecule has 55 heteroatoms. The molecule has 0 aliphatic carbocycles. The Kier molecular flexibility index (Phi) is 36.4. The molecule has 1 amide bonds. The van der Waals surface area contributed by atoms with Gasteiger partial charge in [-0.15, -0.1) is 0 Å². The zero-order valence-electron chi connectivity index (χ0n) is 73.8. The van der Waals surface area contributed by atoms with Gasteiger partial charge in [0.1, 0.15) is 85.5 Å². The Labute approximate surface area is 771 Å². The lowest BCUT2D eigenvalue weighted by Crippen LogP contribution is -2.53. The zero-order valence-corrected chi connectivity index (χ0v) is 79.3. The van der Waals surface area contributed by atoms with Gasteiger partial charge in [0.15, 0.2) is 79.9 Å². The maximum atomic E-state index is 15.4. The minimum atomic E-state index is -4.96. The molecule has 0 saturated carbocycles. The molecule has 9 aromatic rings. The molecule has 20 atom stereocenters. The molecule has 734 valence electrons. The number of anilines is 3. The summed E-state index contributed by atoms with van der Waals surface area (Å²) >= 11 is 0. The first kappa shape index (κ1) is 110. The number of H-pyrrole nitrogens is 2. The number of amides is 1. The number of Topliss-reactive ketones (excluding diaryl/α,β-unsaturated/α-hetero) is 1. The number of imidazole rings is 4. The van der Waals surface area contributed by atoms with Gasteiger partial charge in [0.2, 0.25) is 28.0 Å². The van der Waals surface area contributed by atoms with Crippen molar-refractivity contribution in [2.45, 2.75) is 234 Å². The lowest BCUT2D eigenvalue weighted by molar-refractivity contribution is -0.209. The number of aromatic amines is 2. The van der Waals surface area contributed by atoms with Crippen molar-refractivity contribution in [2.24, 2.45) is 29.2 Å². The van der Waals surface area contributed by atoms with Crippen LogP contribution in [0.4, 0.5) is 17.6 Å². The fourth-order valence-electron chi connectivity index (χ4n) is 14.8. The second-order valence-corrected chi connectivity index (χ2v) is 50.3. The normalized spacial score (nSPS) is 29.1. The lowest BCUT2D eigenvalue weighted by Gasteiger charge is -2.42. The molecule has 14 heterocycles. The first-order valence-electron chi connectivity index (χ1n) is 41.2. The van der Waals surface area contributed by atoms with E-state index in [9.17, 15) is 43.4 Å². The van der Waals surface area contributed by atoms with E-state index in [-0.39, 0.29) is 147 Å². The number of nitrogens with two attached hydrogens (primary N) is 4. The molecule has 0 radical (unpaired) electrons. The number of nitrogens with zero attached hydrogens (tertiary/aromatic N) is 16. The van der Waals surface area contributed by atoms with Crippen LogP contribution in [0.2, 0.25) is 36.3 Å². The number of fused-ring (bicyclic) bond motifs is 8. The molecule has 15 N–H and O–H groups in total. The summed E-state index contributed by atoms with van der Waals surface area (Å²) in [7, 11) is -21.4. The third kappa shape index (κ3) is 23.9. The number of benzene rings is 1. The quantitative estimate of drug-likeness (QED) is 0.0163. The first-order valence-corrected chi connectivity index (χ1v) is 53.2. The minimum Gasteiger partial charge on any atom is -0.766 e. The van der Waals surface area contributed by atoms with Gasteiger partial charge < -0.3 is 84.7 Å². The van der Waals surface area contributed by atoms with Crippen molar-refractivity contribution in [1.29, 1.82) is 5.26 Å². The van der Waals surface area contributed by atoms with Gasteiger partial charge in [0.25, 0.3) is 17.0 Å². The molecule has 133 heavy (non-hydrogen) atoms. The number of hydrogen-bond donors (Lipinski definition) is 11. The average Bonchev–Trinajstić information content (AvgIpc) is 1.61. The van der Waals surface area contributed by atoms with Crippen LogP contribution in [0.15, 0.2) is 77.9 Å². The maximum Gasteiger partial charge on any atom is 0.406 e. The number of carbonyl (C=O) groups excluding carboxylic acids is 2. The van der Waals surface area contributed by atoms with Crippen LogP contribution in [0, 0.1) is 35.7 Å². The van der Waals surface area contributed by atoms with Crippen LogP contribution in [-0.4, -0.2) is 227 Å². The largest absolute Gasteiger partial charge is 0.766 e. The monoisotopic (exact) mass is 1970 g/mol. The van der Waals surface area contributed by atoms with E-state index in [2.05, 4.69) is 102 Å². The number of nitrogen functional groups attached to an aromatic ring is 2. The molecule has 15 rings (SSSR count). The second kappa shape index (κ2) is 44.2. The predicted octanol–water partition coefficient (Wildman–Crippen LogP) is 7.39. The molecular weight excluding hydrogens is 1850 g/mol. The number of rotatable bonds is 19. The van der Waals surface area contributed by atoms with Crippen LogP contribution in [0.1, 0.15) is 146 Å². The van der Waals surface area contributed by atoms with Crippen LogP contribution >= 0.6 is 31.0 Å². The van der Waals surface area contributed by atoms with E-state index in [1.165, 1.54) is 61.2 Å². The van der Waals surface area contributed by atoms with E-state index in [0.29, 0.717) is 11.2 Å². The number of carbonyl (C=O) groups is 2. The topological polar surface area (TPSA) is 666 Å². The summed E-state index contributed by atoms with van der Waals surface area (Å²) in [5.74, 6) is -2.06. The highest BCUT2D eigenvalue weighted by Gasteiger charge is 2.58. The van der Waals surface area contributed by atoms with Crippen molar-refractivity contribution >= 4 is 122 Å². The summed E-state index contributed by atoms with van der Waals surface area (Å²) in [6.45, 7) is 31.6. The van der Waals surface area contributed by atoms with Gasteiger partial charge in [-0.3, -0.25) is 74.7 Å². The zero-order chi connectivity index (χ0) is 94.0. The summed E-state index contributed by atoms with van der Waals surface area (Å²) < 4.78 is 140. The Morgan fingerprint density at radius 1 is 0.586 bits per heavy atom. The van der Waals surface area contributed by atoms with E-state index in [0.717, 1.165) is 0 Å². The molecule has 6 aliphatic rings. The minimum absolute atomic E-state index is 0. The summed E-state index contributed by atoms with van der Waals surface area (Å²) in [4.78, 5) is 131. The van der Waals surface area contributed by atoms with E-state index in [1.54, 1.807) is 67.2 Å². The van der Waals surface area contributed by atoms with E-state index in [4.69, 9.17) is 73.0 Å². The number of aromatic nitrogens is 16. The molecule has 49 nitrogen and oxygen atoms in total. The maximum absolute atomic E-state index is 15.4. The van der Waals surface area contributed by atoms with E-state index >= 15 is 9.13 Å². The van der Waals surface area contributed by atoms with Crippen molar-refractivity contribution in [3.8, 4) is 6.07 Å². The van der Waals surface area contributed by atoms with Crippen LogP contribution in [0.25, 0.3) is 49.5 Å². The van der Waals surface area contributed by atoms with Gasteiger partial charge in [0, 0.05) is 29.4 Å². The van der Waals surface area contributed by atoms with Crippen molar-refractivity contribution < 1.29 is 92.6 Å². The Balaban J connectivity index is 0.000000321. The molecule has 0 spiro atoms. The summed E-state index contributed by atoms with van der Waals surface area (Å²) in [6.07, 6.45) is -3.12. The second-order valence-electron chi connectivity index (χ2n) is 34.3. The average molecular weight is 1970 g/mol. The SMILES string of the molecule is C.C.C.C.CN.CN.C[C@@H]1[C@@H]2NP(=O)([O-])OC[C@H]3O[C@@H](n4cnc5c(N)ncnc54)[C@H](O[Si](C)(C)C(C)(C)C)[C@@H]3NP(=O)([O-])OC[C@H]2O[C@H]1n1cnc2c(=O)[nH]c(N)nc21.[C-]#[N+]CCOP1(=O)N[C@H]2[C@@H](C)[C@H](n3cnc4c(=O)[nH]c(CC(=O)C(C)C)nc43)O[C@@H]2COP(=O)(OCCC#N)N[C@H]2[C@@H](O[Si](C)(C)C(C)(C)C)[C@H](n3cnc4c(NC(=O)c5ccccc5)ncnc43)O[C@@H]2CO1. The fraction of sp³-hybridized carbons (Fsp3) is 0.615. The highest BCUT2D eigenvalue weighted by Crippen LogP contribution is 2.56. The van der Waals surface area contributed by atoms with Crippen LogP contribution in [0.3, 0.4) is 0 Å². The smallest absolute Gasteiger partial charge is 0.406 e. The van der Waals surface area contributed by atoms with Crippen molar-refractivity contribution in [2.75, 3.05) is 77.1 Å². The van der Waals surface area contributed by atoms with Gasteiger partial charge in [-0.1, -0.05) is 117 Å². The van der Waals surface area contributed by atoms with Crippen molar-refractivity contribution in [1.82, 2.24) is 98.4 Å². The standard InChI is InChI=1S/C45H59N13O12P2Si.C27H42N12O10P2Si.2CH5N.4CH4/c1-26(2)29(59)20-32-52-40-36(42(61)53-32)51-25-58(40)43-27(3)33-30(68-43)21-66-72(63,64-18-13-16-46)56-34-31(22-67-71(62,55-33)65-19-17-47-7)69-44(37(34)70-73(8,9)45(4,5)6)57-24-50-35-38(48-23-49-39(35)57)54-41(60)28-14-11-10-12-15-28;1-12-15-13(47-24(12)39-11-33-18-22(39)34-26(29)35-23(18)40)7-45-51(43,44)37-16-14(8-46-50(41,42)36-15)48-25(19(16)49-52(5,6)27(2,3)4)38-10-32-17-20(28)30-9-31-21(17)38;2*1-2;;;;/h10-12,14-15,23-27,30-31,33-34,37,43-44H,13,17-22H2,1-6,8-9H3,(H,55,62)(H,56,63)(H,52,53,61)(H,48,49,54,60);9-16,19,24-25H,7-8H2,1-6H3,(H2,28,30,31)(H2,36,41,42)(H2,37,43,44)(H3,29,34,35,40);2*2H2,1H3;4*1H4/p-2/t27-,30-,31-,33+,34-,37-,43-,44-,71?,72?;12-,13-,14-,15+,16-,19-,24-,25-;;;;;;/m11....../s1. The van der Waals surface area contributed by atoms with Gasteiger partial charge >= 0.3 is 15.5 Å². The summed E-state index contributed by atoms with van der Waals surface area (Å²) in [6, 6.07) is 6.18. The van der Waals surface area contributed by atoms with Crippen LogP contribution < -0.4 is 69.5 Å². The van der Waals surface area contributed by atoms with Crippen molar-refractivity contribution in [3.63, 3.8) is 0 Å². The van der Waals surface area contributed by atoms with Crippen LogP contribution in [0.5, 0.6) is 0 Å². The Morgan fingerprint density at radius 2 is 1.00 bits per heavy atom. The van der Waals surface area contributed by atoms with Crippen LogP contribution in [-0.2, 0) is 84.4 Å². The number of hydrogen-bond acceptors (Lipinski definition) is 37. The van der Waals surface area contributed by atoms with E-state index < -0.39 is 189 Å². The van der Waals surface area contributed by atoms with Gasteiger partial charge in [0.05, 0.1) is 95.4 Å². The first-order chi connectivity index (χ1) is 60.9. The molecule has 6 fully saturated rings. The lowest BCUT2D eigenvalue weighted by atomic mass is 10.00. The third-order valence-electron chi connectivity index (χ3n) is 23.5. The molecule has 6 saturated heterocycles. The molecule has 6 aliphatic heterocycles. The number of nitriles is 1. The number of ether oxygens (including phenoxy) is 4. The Hall–Kier alpha value is -8.71. The Bertz CT molecular complexity index is 5940. The molecule has 0 bridgehead atoms.